The number of carbonyl (C=O) groups excluding carboxylic acids is 1. The number of amides is 1. The number of rotatable bonds is 6. The lowest BCUT2D eigenvalue weighted by Crippen LogP contribution is -2.27. The van der Waals surface area contributed by atoms with Gasteiger partial charge in [-0.1, -0.05) is 47.1 Å². The molecule has 0 spiro atoms. The highest BCUT2D eigenvalue weighted by Gasteiger charge is 2.12. The Morgan fingerprint density at radius 1 is 1.18 bits per heavy atom. The number of aromatic amines is 1. The Kier molecular flexibility index (Phi) is 5.50. The summed E-state index contributed by atoms with van der Waals surface area (Å²) in [4.78, 5) is 24.4. The second kappa shape index (κ2) is 8.20. The van der Waals surface area contributed by atoms with Gasteiger partial charge in [0.2, 0.25) is 5.91 Å². The molecule has 2 aromatic carbocycles. The van der Waals surface area contributed by atoms with Crippen molar-refractivity contribution in [1.82, 2.24) is 20.3 Å². The fraction of sp³-hybridized carbons (Fsp3) is 0.190. The van der Waals surface area contributed by atoms with Gasteiger partial charge in [0.25, 0.3) is 0 Å². The molecule has 0 bridgehead atoms. The van der Waals surface area contributed by atoms with Gasteiger partial charge in [-0.15, -0.1) is 0 Å². The summed E-state index contributed by atoms with van der Waals surface area (Å²) in [5, 5.41) is 5.53. The van der Waals surface area contributed by atoms with Crippen molar-refractivity contribution in [1.29, 1.82) is 0 Å². The maximum atomic E-state index is 12.2. The summed E-state index contributed by atoms with van der Waals surface area (Å²) in [6, 6.07) is 13.9. The Bertz CT molecular complexity index is 1140. The zero-order valence-electron chi connectivity index (χ0n) is 15.3. The van der Waals surface area contributed by atoms with Crippen molar-refractivity contribution in [3.63, 3.8) is 0 Å². The van der Waals surface area contributed by atoms with Crippen LogP contribution in [0.15, 0.2) is 53.8 Å². The molecule has 2 aromatic heterocycles. The number of hydrogen-bond donors (Lipinski definition) is 2. The van der Waals surface area contributed by atoms with E-state index in [0.29, 0.717) is 17.3 Å². The van der Waals surface area contributed by atoms with Gasteiger partial charge in [0.15, 0.2) is 0 Å². The largest absolute Gasteiger partial charge is 0.355 e. The minimum absolute atomic E-state index is 0.0160. The predicted octanol–water partition coefficient (Wildman–Crippen LogP) is 4.52. The number of thioether (sulfide) groups is 1. The Balaban J connectivity index is 1.39. The Labute approximate surface area is 171 Å². The molecule has 0 atom stereocenters. The summed E-state index contributed by atoms with van der Waals surface area (Å²) in [5.74, 6) is 0.291. The van der Waals surface area contributed by atoms with Crippen LogP contribution in [0.1, 0.15) is 11.1 Å². The van der Waals surface area contributed by atoms with E-state index in [1.165, 1.54) is 17.3 Å². The molecule has 4 aromatic rings. The predicted molar refractivity (Wildman–Crippen MR) is 115 cm³/mol. The molecule has 0 unspecified atom stereocenters. The molecule has 7 heteroatoms. The van der Waals surface area contributed by atoms with Gasteiger partial charge >= 0.3 is 0 Å². The average Bonchev–Trinajstić information content (AvgIpc) is 3.06. The van der Waals surface area contributed by atoms with Crippen LogP contribution in [0.25, 0.3) is 21.9 Å². The second-order valence-electron chi connectivity index (χ2n) is 6.59. The number of carbonyl (C=O) groups is 1. The smallest absolute Gasteiger partial charge is 0.230 e. The summed E-state index contributed by atoms with van der Waals surface area (Å²) in [5.41, 5.74) is 5.11. The molecule has 0 aliphatic rings. The van der Waals surface area contributed by atoms with Crippen LogP contribution in [0.5, 0.6) is 0 Å². The number of fused-ring (bicyclic) bond motifs is 3. The summed E-state index contributed by atoms with van der Waals surface area (Å²) >= 11 is 7.30. The van der Waals surface area contributed by atoms with Crippen molar-refractivity contribution >= 4 is 51.2 Å². The van der Waals surface area contributed by atoms with Crippen LogP contribution in [0.2, 0.25) is 5.02 Å². The van der Waals surface area contributed by atoms with Gasteiger partial charge in [-0.3, -0.25) is 4.79 Å². The molecule has 0 saturated heterocycles. The zero-order chi connectivity index (χ0) is 19.5. The fourth-order valence-electron chi connectivity index (χ4n) is 3.08. The van der Waals surface area contributed by atoms with E-state index >= 15 is 0 Å². The van der Waals surface area contributed by atoms with Gasteiger partial charge in [-0.05, 0) is 43.2 Å². The lowest BCUT2D eigenvalue weighted by Gasteiger charge is -2.06. The Morgan fingerprint density at radius 2 is 2.00 bits per heavy atom. The van der Waals surface area contributed by atoms with Crippen LogP contribution in [0, 0.1) is 6.92 Å². The SMILES string of the molecule is Cc1ccc2[nH]c3c(SCC(=O)NCCc4ccc(Cl)cc4)ncnc3c2c1. The number of halogens is 1. The van der Waals surface area contributed by atoms with E-state index in [1.807, 2.05) is 30.3 Å². The fourth-order valence-corrected chi connectivity index (χ4v) is 3.99. The highest BCUT2D eigenvalue weighted by atomic mass is 35.5. The van der Waals surface area contributed by atoms with E-state index in [9.17, 15) is 4.79 Å². The van der Waals surface area contributed by atoms with Crippen molar-refractivity contribution < 1.29 is 4.79 Å². The number of H-pyrrole nitrogens is 1. The summed E-state index contributed by atoms with van der Waals surface area (Å²) in [7, 11) is 0. The summed E-state index contributed by atoms with van der Waals surface area (Å²) in [6.07, 6.45) is 2.32. The average molecular weight is 411 g/mol. The standard InChI is InChI=1S/C21H19ClN4OS/c1-13-2-7-17-16(10-13)19-20(26-17)21(25-12-24-19)28-11-18(27)23-9-8-14-3-5-15(22)6-4-14/h2-7,10,12,26H,8-9,11H2,1H3,(H,23,27). The van der Waals surface area contributed by atoms with E-state index in [2.05, 4.69) is 39.3 Å². The lowest BCUT2D eigenvalue weighted by atomic mass is 10.1. The first-order valence-corrected chi connectivity index (χ1v) is 10.3. The van der Waals surface area contributed by atoms with Gasteiger partial charge in [0, 0.05) is 22.5 Å². The summed E-state index contributed by atoms with van der Waals surface area (Å²) in [6.45, 7) is 2.65. The molecule has 5 nitrogen and oxygen atoms in total. The monoisotopic (exact) mass is 410 g/mol. The molecule has 0 aliphatic carbocycles. The van der Waals surface area contributed by atoms with E-state index in [-0.39, 0.29) is 5.91 Å². The molecule has 4 rings (SSSR count). The number of aryl methyl sites for hydroxylation is 1. The number of aromatic nitrogens is 3. The first-order chi connectivity index (χ1) is 13.6. The topological polar surface area (TPSA) is 70.7 Å². The van der Waals surface area contributed by atoms with Crippen molar-refractivity contribution in [3.8, 4) is 0 Å². The van der Waals surface area contributed by atoms with E-state index < -0.39 is 0 Å². The van der Waals surface area contributed by atoms with Gasteiger partial charge in [-0.25, -0.2) is 9.97 Å². The number of nitrogens with one attached hydrogen (secondary N) is 2. The van der Waals surface area contributed by atoms with Crippen LogP contribution in [-0.4, -0.2) is 33.2 Å². The van der Waals surface area contributed by atoms with Crippen molar-refractivity contribution in [2.75, 3.05) is 12.3 Å². The maximum absolute atomic E-state index is 12.2. The van der Waals surface area contributed by atoms with Crippen LogP contribution < -0.4 is 5.32 Å². The first-order valence-electron chi connectivity index (χ1n) is 8.97. The number of nitrogens with zero attached hydrogens (tertiary/aromatic N) is 2. The Morgan fingerprint density at radius 3 is 2.82 bits per heavy atom. The van der Waals surface area contributed by atoms with E-state index in [4.69, 9.17) is 11.6 Å². The van der Waals surface area contributed by atoms with E-state index in [0.717, 1.165) is 38.9 Å². The molecule has 2 heterocycles. The van der Waals surface area contributed by atoms with Gasteiger partial charge in [0.1, 0.15) is 16.9 Å². The van der Waals surface area contributed by atoms with Crippen molar-refractivity contribution in [2.24, 2.45) is 0 Å². The number of hydrogen-bond acceptors (Lipinski definition) is 4. The van der Waals surface area contributed by atoms with Gasteiger partial charge < -0.3 is 10.3 Å². The third-order valence-corrected chi connectivity index (χ3v) is 5.73. The minimum atomic E-state index is -0.0160. The molecule has 28 heavy (non-hydrogen) atoms. The van der Waals surface area contributed by atoms with Crippen molar-refractivity contribution in [3.05, 3.63) is 64.9 Å². The highest BCUT2D eigenvalue weighted by Crippen LogP contribution is 2.30. The normalized spacial score (nSPS) is 11.2. The van der Waals surface area contributed by atoms with Gasteiger partial charge in [0.05, 0.1) is 11.3 Å². The summed E-state index contributed by atoms with van der Waals surface area (Å²) < 4.78 is 0. The van der Waals surface area contributed by atoms with Gasteiger partial charge in [-0.2, -0.15) is 0 Å². The maximum Gasteiger partial charge on any atom is 0.230 e. The molecular formula is C21H19ClN4OS. The third kappa shape index (κ3) is 4.13. The molecular weight excluding hydrogens is 392 g/mol. The molecule has 0 radical (unpaired) electrons. The lowest BCUT2D eigenvalue weighted by molar-refractivity contribution is -0.118. The second-order valence-corrected chi connectivity index (χ2v) is 7.99. The molecule has 1 amide bonds. The Hall–Kier alpha value is -2.57. The first kappa shape index (κ1) is 18.8. The van der Waals surface area contributed by atoms with Crippen LogP contribution in [0.3, 0.4) is 0 Å². The quantitative estimate of drug-likeness (QED) is 0.362. The van der Waals surface area contributed by atoms with Crippen LogP contribution in [-0.2, 0) is 11.2 Å². The number of benzene rings is 2. The van der Waals surface area contributed by atoms with Crippen LogP contribution >= 0.6 is 23.4 Å². The zero-order valence-corrected chi connectivity index (χ0v) is 16.9. The van der Waals surface area contributed by atoms with Crippen molar-refractivity contribution in [2.45, 2.75) is 18.4 Å². The molecule has 0 aliphatic heterocycles. The van der Waals surface area contributed by atoms with E-state index in [1.54, 1.807) is 6.33 Å². The highest BCUT2D eigenvalue weighted by molar-refractivity contribution is 8.00. The molecule has 2 N–H and O–H groups in total. The molecule has 0 fully saturated rings. The molecule has 142 valence electrons. The molecule has 0 saturated carbocycles. The minimum Gasteiger partial charge on any atom is -0.355 e. The van der Waals surface area contributed by atoms with Crippen LogP contribution in [0.4, 0.5) is 0 Å². The third-order valence-electron chi connectivity index (χ3n) is 4.49.